The van der Waals surface area contributed by atoms with Crippen molar-refractivity contribution < 1.29 is 17.3 Å². The zero-order chi connectivity index (χ0) is 19.1. The van der Waals surface area contributed by atoms with Gasteiger partial charge in [0.05, 0.1) is 24.7 Å². The Hall–Kier alpha value is -2.39. The second kappa shape index (κ2) is 6.73. The highest BCUT2D eigenvalue weighted by molar-refractivity contribution is 7.92. The van der Waals surface area contributed by atoms with E-state index in [1.807, 2.05) is 6.92 Å². The minimum absolute atomic E-state index is 0.118. The van der Waals surface area contributed by atoms with Crippen molar-refractivity contribution in [1.29, 1.82) is 0 Å². The van der Waals surface area contributed by atoms with Crippen LogP contribution in [-0.4, -0.2) is 29.6 Å². The minimum Gasteiger partial charge on any atom is -0.359 e. The number of hydrogen-bond donors (Lipinski definition) is 0. The molecule has 138 valence electrons. The lowest BCUT2D eigenvalue weighted by molar-refractivity contribution is 0.386. The summed E-state index contributed by atoms with van der Waals surface area (Å²) in [7, 11) is -1.96. The molecule has 0 radical (unpaired) electrons. The Morgan fingerprint density at radius 2 is 2.08 bits per heavy atom. The number of aryl methyl sites for hydroxylation is 1. The Morgan fingerprint density at radius 1 is 1.35 bits per heavy atom. The van der Waals surface area contributed by atoms with E-state index in [-0.39, 0.29) is 23.0 Å². The lowest BCUT2D eigenvalue weighted by Crippen LogP contribution is -2.29. The van der Waals surface area contributed by atoms with Gasteiger partial charge in [0.1, 0.15) is 11.5 Å². The van der Waals surface area contributed by atoms with Crippen LogP contribution in [0.25, 0.3) is 11.3 Å². The molecule has 0 amide bonds. The molecular formula is C16H16ClFN4O3S. The van der Waals surface area contributed by atoms with Crippen molar-refractivity contribution in [3.05, 3.63) is 52.8 Å². The highest BCUT2D eigenvalue weighted by atomic mass is 35.5. The van der Waals surface area contributed by atoms with Gasteiger partial charge < -0.3 is 4.52 Å². The van der Waals surface area contributed by atoms with Gasteiger partial charge in [-0.25, -0.2) is 12.8 Å². The van der Waals surface area contributed by atoms with Gasteiger partial charge in [-0.15, -0.1) is 0 Å². The Kier molecular flexibility index (Phi) is 4.76. The summed E-state index contributed by atoms with van der Waals surface area (Å²) in [6.45, 7) is 1.67. The zero-order valence-corrected chi connectivity index (χ0v) is 15.8. The molecule has 0 aliphatic heterocycles. The van der Waals surface area contributed by atoms with Crippen LogP contribution in [0, 0.1) is 12.7 Å². The summed E-state index contributed by atoms with van der Waals surface area (Å²) in [5, 5.41) is 8.27. The molecule has 0 aliphatic carbocycles. The predicted octanol–water partition coefficient (Wildman–Crippen LogP) is 3.14. The molecule has 7 nitrogen and oxygen atoms in total. The first kappa shape index (κ1) is 18.4. The van der Waals surface area contributed by atoms with Gasteiger partial charge in [-0.2, -0.15) is 5.10 Å². The monoisotopic (exact) mass is 398 g/mol. The van der Waals surface area contributed by atoms with Crippen LogP contribution in [0.4, 0.5) is 10.1 Å². The number of halogens is 2. The Morgan fingerprint density at radius 3 is 2.65 bits per heavy atom. The van der Waals surface area contributed by atoms with Crippen LogP contribution in [0.1, 0.15) is 11.5 Å². The Labute approximate surface area is 155 Å². The third-order valence-corrected chi connectivity index (χ3v) is 5.31. The fourth-order valence-corrected chi connectivity index (χ4v) is 3.50. The molecular weight excluding hydrogens is 383 g/mol. The first-order valence-electron chi connectivity index (χ1n) is 7.54. The zero-order valence-electron chi connectivity index (χ0n) is 14.3. The molecule has 0 unspecified atom stereocenters. The topological polar surface area (TPSA) is 81.2 Å². The van der Waals surface area contributed by atoms with Crippen LogP contribution in [0.15, 0.2) is 35.0 Å². The molecule has 3 aromatic rings. The van der Waals surface area contributed by atoms with Gasteiger partial charge in [0.25, 0.3) is 0 Å². The predicted molar refractivity (Wildman–Crippen MR) is 95.9 cm³/mol. The van der Waals surface area contributed by atoms with Gasteiger partial charge in [-0.3, -0.25) is 8.99 Å². The van der Waals surface area contributed by atoms with E-state index in [0.717, 1.165) is 27.9 Å². The Balaban J connectivity index is 1.95. The van der Waals surface area contributed by atoms with Crippen LogP contribution in [0.2, 0.25) is 5.02 Å². The van der Waals surface area contributed by atoms with E-state index in [1.54, 1.807) is 24.0 Å². The molecule has 0 spiro atoms. The first-order chi connectivity index (χ1) is 12.2. The molecule has 0 saturated carbocycles. The summed E-state index contributed by atoms with van der Waals surface area (Å²) in [5.74, 6) is -0.478. The number of nitrogens with zero attached hydrogens (tertiary/aromatic N) is 4. The average molecular weight is 399 g/mol. The number of hydrogen-bond acceptors (Lipinski definition) is 5. The third kappa shape index (κ3) is 3.58. The molecule has 0 fully saturated rings. The van der Waals surface area contributed by atoms with Gasteiger partial charge in [0, 0.05) is 29.4 Å². The molecule has 0 atom stereocenters. The van der Waals surface area contributed by atoms with Crippen LogP contribution < -0.4 is 4.31 Å². The smallest absolute Gasteiger partial charge is 0.232 e. The van der Waals surface area contributed by atoms with Gasteiger partial charge in [-0.1, -0.05) is 16.8 Å². The van der Waals surface area contributed by atoms with Crippen molar-refractivity contribution in [2.24, 2.45) is 7.05 Å². The first-order valence-corrected chi connectivity index (χ1v) is 9.77. The molecule has 0 saturated heterocycles. The number of benzene rings is 1. The van der Waals surface area contributed by atoms with E-state index in [0.29, 0.717) is 5.69 Å². The van der Waals surface area contributed by atoms with E-state index in [9.17, 15) is 12.8 Å². The van der Waals surface area contributed by atoms with Gasteiger partial charge in [-0.05, 0) is 25.1 Å². The minimum atomic E-state index is -3.76. The molecule has 2 heterocycles. The maximum Gasteiger partial charge on any atom is 0.232 e. The molecule has 0 N–H and O–H groups in total. The van der Waals surface area contributed by atoms with Crippen molar-refractivity contribution >= 4 is 27.3 Å². The lowest BCUT2D eigenvalue weighted by Gasteiger charge is -2.21. The molecule has 3 rings (SSSR count). The molecule has 1 aromatic carbocycles. The summed E-state index contributed by atoms with van der Waals surface area (Å²) in [6, 6.07) is 5.39. The second-order valence-electron chi connectivity index (χ2n) is 5.81. The van der Waals surface area contributed by atoms with Crippen molar-refractivity contribution in [2.75, 3.05) is 10.6 Å². The maximum atomic E-state index is 14.2. The average Bonchev–Trinajstić information content (AvgIpc) is 3.12. The van der Waals surface area contributed by atoms with Crippen LogP contribution >= 0.6 is 11.6 Å². The fourth-order valence-electron chi connectivity index (χ4n) is 2.47. The summed E-state index contributed by atoms with van der Waals surface area (Å²) in [5.41, 5.74) is 2.06. The van der Waals surface area contributed by atoms with E-state index in [1.165, 1.54) is 12.1 Å². The maximum absolute atomic E-state index is 14.2. The summed E-state index contributed by atoms with van der Waals surface area (Å²) < 4.78 is 46.4. The SMILES string of the molecule is Cc1c(-c2cc(CN(c3ccc(Cl)cc3F)S(C)(=O)=O)on2)cnn1C. The number of aromatic nitrogens is 3. The number of rotatable bonds is 5. The summed E-state index contributed by atoms with van der Waals surface area (Å²) >= 11 is 5.74. The molecule has 0 aliphatic rings. The van der Waals surface area contributed by atoms with E-state index < -0.39 is 15.8 Å². The summed E-state index contributed by atoms with van der Waals surface area (Å²) in [4.78, 5) is 0. The number of anilines is 1. The molecule has 2 aromatic heterocycles. The lowest BCUT2D eigenvalue weighted by atomic mass is 10.2. The molecule has 0 bridgehead atoms. The van der Waals surface area contributed by atoms with Crippen LogP contribution in [0.3, 0.4) is 0 Å². The van der Waals surface area contributed by atoms with Crippen molar-refractivity contribution in [2.45, 2.75) is 13.5 Å². The quantitative estimate of drug-likeness (QED) is 0.659. The number of sulfonamides is 1. The van der Waals surface area contributed by atoms with E-state index in [2.05, 4.69) is 10.3 Å². The van der Waals surface area contributed by atoms with E-state index >= 15 is 0 Å². The van der Waals surface area contributed by atoms with Gasteiger partial charge in [0.15, 0.2) is 5.76 Å². The normalized spacial score (nSPS) is 11.7. The van der Waals surface area contributed by atoms with Crippen molar-refractivity contribution in [1.82, 2.24) is 14.9 Å². The summed E-state index contributed by atoms with van der Waals surface area (Å²) in [6.07, 6.45) is 2.63. The van der Waals surface area contributed by atoms with E-state index in [4.69, 9.17) is 16.1 Å². The van der Waals surface area contributed by atoms with Crippen molar-refractivity contribution in [3.8, 4) is 11.3 Å². The third-order valence-electron chi connectivity index (χ3n) is 3.95. The molecule has 26 heavy (non-hydrogen) atoms. The standard InChI is InChI=1S/C16H16ClFN4O3S/c1-10-13(8-19-21(10)2)15-7-12(25-20-15)9-22(26(3,23)24)16-5-4-11(17)6-14(16)18/h4-8H,9H2,1-3H3. The van der Waals surface area contributed by atoms with Gasteiger partial charge >= 0.3 is 0 Å². The van der Waals surface area contributed by atoms with Gasteiger partial charge in [0.2, 0.25) is 10.0 Å². The van der Waals surface area contributed by atoms with Crippen LogP contribution in [0.5, 0.6) is 0 Å². The highest BCUT2D eigenvalue weighted by Crippen LogP contribution is 2.28. The Bertz CT molecular complexity index is 1060. The van der Waals surface area contributed by atoms with Crippen LogP contribution in [-0.2, 0) is 23.6 Å². The van der Waals surface area contributed by atoms with Crippen molar-refractivity contribution in [3.63, 3.8) is 0 Å². The largest absolute Gasteiger partial charge is 0.359 e. The second-order valence-corrected chi connectivity index (χ2v) is 8.15. The highest BCUT2D eigenvalue weighted by Gasteiger charge is 2.24. The molecule has 10 heteroatoms. The fraction of sp³-hybridized carbons (Fsp3) is 0.250.